The second-order valence-corrected chi connectivity index (χ2v) is 10.1. The van der Waals surface area contributed by atoms with Crippen molar-refractivity contribution in [1.29, 1.82) is 0 Å². The Hall–Kier alpha value is -3.72. The van der Waals surface area contributed by atoms with Crippen LogP contribution in [-0.4, -0.2) is 28.4 Å². The third kappa shape index (κ3) is 6.53. The summed E-state index contributed by atoms with van der Waals surface area (Å²) in [5.41, 5.74) is 9.32. The van der Waals surface area contributed by atoms with Crippen molar-refractivity contribution in [2.45, 2.75) is 58.8 Å². The number of hydrogen-bond acceptors (Lipinski definition) is 4. The van der Waals surface area contributed by atoms with Crippen molar-refractivity contribution in [3.05, 3.63) is 83.2 Å². The number of hydrogen-bond donors (Lipinski definition) is 1. The number of halogens is 4. The molecule has 0 aliphatic rings. The molecular weight excluding hydrogens is 520 g/mol. The maximum absolute atomic E-state index is 14.4. The summed E-state index contributed by atoms with van der Waals surface area (Å²) in [6.45, 7) is 7.75. The fourth-order valence-electron chi connectivity index (χ4n) is 4.99. The van der Waals surface area contributed by atoms with Gasteiger partial charge >= 0.3 is 6.18 Å². The van der Waals surface area contributed by atoms with Crippen molar-refractivity contribution < 1.29 is 22.4 Å². The summed E-state index contributed by atoms with van der Waals surface area (Å²) in [5, 5.41) is 0. The number of alkyl halides is 3. The largest absolute Gasteiger partial charge is 0.419 e. The molecule has 0 amide bonds. The zero-order valence-corrected chi connectivity index (χ0v) is 22.9. The molecule has 4 rings (SSSR count). The van der Waals surface area contributed by atoms with Crippen molar-refractivity contribution in [2.24, 2.45) is 5.73 Å². The molecule has 40 heavy (non-hydrogen) atoms. The van der Waals surface area contributed by atoms with Crippen molar-refractivity contribution in [3.8, 4) is 11.4 Å². The van der Waals surface area contributed by atoms with E-state index in [0.717, 1.165) is 60.4 Å². The molecule has 2 N–H and O–H groups in total. The maximum Gasteiger partial charge on any atom is 0.419 e. The predicted octanol–water partition coefficient (Wildman–Crippen LogP) is 7.51. The number of nitrogens with zero attached hydrogens (tertiary/aromatic N) is 3. The van der Waals surface area contributed by atoms with Gasteiger partial charge in [0.25, 0.3) is 0 Å². The van der Waals surface area contributed by atoms with E-state index in [9.17, 15) is 22.4 Å². The van der Waals surface area contributed by atoms with Crippen LogP contribution in [0.25, 0.3) is 22.4 Å². The monoisotopic (exact) mass is 554 g/mol. The molecule has 0 aliphatic carbocycles. The minimum absolute atomic E-state index is 0.0246. The van der Waals surface area contributed by atoms with Crippen LogP contribution in [0.15, 0.2) is 60.7 Å². The molecule has 5 nitrogen and oxygen atoms in total. The van der Waals surface area contributed by atoms with Gasteiger partial charge in [0.2, 0.25) is 0 Å². The number of imidazole rings is 1. The minimum Gasteiger partial charge on any atom is -0.372 e. The van der Waals surface area contributed by atoms with Crippen LogP contribution in [-0.2, 0) is 17.5 Å². The zero-order chi connectivity index (χ0) is 29.0. The first-order chi connectivity index (χ1) is 19.0. The van der Waals surface area contributed by atoms with Gasteiger partial charge in [0.15, 0.2) is 0 Å². The lowest BCUT2D eigenvalue weighted by molar-refractivity contribution is -0.140. The SMILES string of the molecule is CCCN(CCC)c1ccc(-c2nc3cc(C(N)CC(C)=O)ccc3n2Cc2ccc(C(F)(F)F)c(F)c2)cc1. The lowest BCUT2D eigenvalue weighted by Crippen LogP contribution is -2.24. The summed E-state index contributed by atoms with van der Waals surface area (Å²) in [5.74, 6) is -0.746. The first-order valence-corrected chi connectivity index (χ1v) is 13.5. The van der Waals surface area contributed by atoms with Crippen LogP contribution in [0.4, 0.5) is 23.2 Å². The fraction of sp³-hybridized carbons (Fsp3) is 0.355. The van der Waals surface area contributed by atoms with Gasteiger partial charge in [-0.15, -0.1) is 0 Å². The molecule has 1 aromatic heterocycles. The van der Waals surface area contributed by atoms with E-state index in [1.165, 1.54) is 13.0 Å². The molecule has 4 aromatic rings. The highest BCUT2D eigenvalue weighted by atomic mass is 19.4. The number of rotatable bonds is 11. The number of carbonyl (C=O) groups is 1. The number of ketones is 1. The molecular formula is C31H34F4N4O. The molecule has 1 unspecified atom stereocenters. The summed E-state index contributed by atoms with van der Waals surface area (Å²) in [4.78, 5) is 18.8. The summed E-state index contributed by atoms with van der Waals surface area (Å²) in [6.07, 6.45) is -2.53. The summed E-state index contributed by atoms with van der Waals surface area (Å²) in [6, 6.07) is 16.0. The second-order valence-electron chi connectivity index (χ2n) is 10.1. The van der Waals surface area contributed by atoms with E-state index in [1.54, 1.807) is 0 Å². The smallest absolute Gasteiger partial charge is 0.372 e. The number of aromatic nitrogens is 2. The molecule has 9 heteroatoms. The Bertz CT molecular complexity index is 1470. The number of benzene rings is 3. The Kier molecular flexibility index (Phi) is 8.93. The first kappa shape index (κ1) is 29.3. The average molecular weight is 555 g/mol. The molecule has 0 saturated heterocycles. The van der Waals surface area contributed by atoms with E-state index >= 15 is 0 Å². The van der Waals surface area contributed by atoms with Crippen LogP contribution in [0.1, 0.15) is 62.8 Å². The molecule has 0 aliphatic heterocycles. The van der Waals surface area contributed by atoms with Gasteiger partial charge in [-0.1, -0.05) is 26.0 Å². The van der Waals surface area contributed by atoms with Gasteiger partial charge in [0.05, 0.1) is 16.6 Å². The second kappa shape index (κ2) is 12.2. The fourth-order valence-corrected chi connectivity index (χ4v) is 4.99. The van der Waals surface area contributed by atoms with Gasteiger partial charge in [0.1, 0.15) is 17.4 Å². The van der Waals surface area contributed by atoms with Crippen LogP contribution >= 0.6 is 0 Å². The Balaban J connectivity index is 1.79. The van der Waals surface area contributed by atoms with E-state index < -0.39 is 23.6 Å². The predicted molar refractivity (Wildman–Crippen MR) is 151 cm³/mol. The summed E-state index contributed by atoms with van der Waals surface area (Å²) < 4.78 is 55.7. The van der Waals surface area contributed by atoms with Gasteiger partial charge in [0, 0.05) is 43.3 Å². The number of carbonyl (C=O) groups excluding carboxylic acids is 1. The van der Waals surface area contributed by atoms with Crippen LogP contribution in [0.5, 0.6) is 0 Å². The standard InChI is InChI=1S/C31H34F4N4O/c1-4-14-38(15-5-2)24-10-7-22(8-11-24)30-37-28-18-23(27(36)16-20(3)40)9-13-29(28)39(30)19-21-6-12-25(26(32)17-21)31(33,34)35/h6-13,17-18,27H,4-5,14-16,19,36H2,1-3H3. The van der Waals surface area contributed by atoms with Gasteiger partial charge in [-0.05, 0) is 79.4 Å². The van der Waals surface area contributed by atoms with Crippen LogP contribution in [0, 0.1) is 5.82 Å². The lowest BCUT2D eigenvalue weighted by Gasteiger charge is -2.24. The normalized spacial score (nSPS) is 12.6. The van der Waals surface area contributed by atoms with E-state index in [-0.39, 0.29) is 18.7 Å². The highest BCUT2D eigenvalue weighted by molar-refractivity contribution is 5.82. The van der Waals surface area contributed by atoms with Crippen molar-refractivity contribution in [1.82, 2.24) is 9.55 Å². The molecule has 0 saturated carbocycles. The van der Waals surface area contributed by atoms with Crippen molar-refractivity contribution >= 4 is 22.5 Å². The number of fused-ring (bicyclic) bond motifs is 1. The zero-order valence-electron chi connectivity index (χ0n) is 22.9. The number of nitrogens with two attached hydrogens (primary N) is 1. The lowest BCUT2D eigenvalue weighted by atomic mass is 10.0. The van der Waals surface area contributed by atoms with Crippen LogP contribution in [0.3, 0.4) is 0 Å². The molecule has 0 radical (unpaired) electrons. The molecule has 0 fully saturated rings. The van der Waals surface area contributed by atoms with Gasteiger partial charge in [-0.2, -0.15) is 13.2 Å². The third-order valence-electron chi connectivity index (χ3n) is 6.87. The number of Topliss-reactive ketones (excluding diaryl/α,β-unsaturated/α-hetero) is 1. The van der Waals surface area contributed by atoms with Gasteiger partial charge < -0.3 is 15.2 Å². The quantitative estimate of drug-likeness (QED) is 0.195. The van der Waals surface area contributed by atoms with Crippen LogP contribution < -0.4 is 10.6 Å². The van der Waals surface area contributed by atoms with E-state index in [0.29, 0.717) is 16.9 Å². The Labute approximate surface area is 231 Å². The first-order valence-electron chi connectivity index (χ1n) is 13.5. The Morgan fingerprint density at radius 3 is 2.25 bits per heavy atom. The van der Waals surface area contributed by atoms with Crippen molar-refractivity contribution in [3.63, 3.8) is 0 Å². The van der Waals surface area contributed by atoms with E-state index in [2.05, 4.69) is 18.7 Å². The van der Waals surface area contributed by atoms with Gasteiger partial charge in [-0.25, -0.2) is 9.37 Å². The van der Waals surface area contributed by atoms with E-state index in [4.69, 9.17) is 10.7 Å². The van der Waals surface area contributed by atoms with E-state index in [1.807, 2.05) is 47.0 Å². The molecule has 0 bridgehead atoms. The Morgan fingerprint density at radius 2 is 1.68 bits per heavy atom. The third-order valence-corrected chi connectivity index (χ3v) is 6.87. The van der Waals surface area contributed by atoms with Gasteiger partial charge in [-0.3, -0.25) is 4.79 Å². The summed E-state index contributed by atoms with van der Waals surface area (Å²) >= 11 is 0. The minimum atomic E-state index is -4.77. The highest BCUT2D eigenvalue weighted by Crippen LogP contribution is 2.33. The molecule has 1 atom stereocenters. The highest BCUT2D eigenvalue weighted by Gasteiger charge is 2.34. The maximum atomic E-state index is 14.4. The molecule has 3 aromatic carbocycles. The molecule has 0 spiro atoms. The average Bonchev–Trinajstić information content (AvgIpc) is 3.25. The van der Waals surface area contributed by atoms with Crippen molar-refractivity contribution in [2.75, 3.05) is 18.0 Å². The Morgan fingerprint density at radius 1 is 1.00 bits per heavy atom. The summed E-state index contributed by atoms with van der Waals surface area (Å²) in [7, 11) is 0. The topological polar surface area (TPSA) is 64.2 Å². The molecule has 1 heterocycles. The molecule has 212 valence electrons. The van der Waals surface area contributed by atoms with Crippen LogP contribution in [0.2, 0.25) is 0 Å². The number of anilines is 1.